The topological polar surface area (TPSA) is 100 Å². The van der Waals surface area contributed by atoms with E-state index in [-0.39, 0.29) is 5.82 Å². The van der Waals surface area contributed by atoms with Gasteiger partial charge in [0.15, 0.2) is 0 Å². The molecule has 0 spiro atoms. The molecule has 4 rings (SSSR count). The predicted molar refractivity (Wildman–Crippen MR) is 112 cm³/mol. The lowest BCUT2D eigenvalue weighted by Gasteiger charge is -2.27. The molecule has 3 aromatic rings. The smallest absolute Gasteiger partial charge is 0.228 e. The Morgan fingerprint density at radius 3 is 2.66 bits per heavy atom. The SMILES string of the molecule is N=Cc1cc(Nc2cc(-c3ccccc3F)nc(N3CCOCC3)n2)ccc1N. The molecule has 1 fully saturated rings. The zero-order chi connectivity index (χ0) is 20.2. The number of nitrogens with zero attached hydrogens (tertiary/aromatic N) is 3. The van der Waals surface area contributed by atoms with Gasteiger partial charge in [-0.25, -0.2) is 9.37 Å². The van der Waals surface area contributed by atoms with Crippen molar-refractivity contribution in [2.24, 2.45) is 0 Å². The van der Waals surface area contributed by atoms with Crippen molar-refractivity contribution >= 4 is 29.4 Å². The van der Waals surface area contributed by atoms with Gasteiger partial charge < -0.3 is 26.1 Å². The lowest BCUT2D eigenvalue weighted by molar-refractivity contribution is 0.122. The van der Waals surface area contributed by atoms with Crippen LogP contribution in [0, 0.1) is 11.2 Å². The highest BCUT2D eigenvalue weighted by Gasteiger charge is 2.17. The molecule has 148 valence electrons. The van der Waals surface area contributed by atoms with Crippen LogP contribution in [0.25, 0.3) is 11.3 Å². The second-order valence-corrected chi connectivity index (χ2v) is 6.63. The van der Waals surface area contributed by atoms with E-state index in [1.807, 2.05) is 11.0 Å². The molecule has 29 heavy (non-hydrogen) atoms. The molecule has 0 saturated carbocycles. The molecule has 4 N–H and O–H groups in total. The van der Waals surface area contributed by atoms with Crippen molar-refractivity contribution < 1.29 is 9.13 Å². The van der Waals surface area contributed by atoms with E-state index in [1.165, 1.54) is 12.3 Å². The van der Waals surface area contributed by atoms with Crippen molar-refractivity contribution in [1.82, 2.24) is 9.97 Å². The summed E-state index contributed by atoms with van der Waals surface area (Å²) in [6.07, 6.45) is 1.20. The quantitative estimate of drug-likeness (QED) is 0.454. The number of hydrogen-bond acceptors (Lipinski definition) is 7. The number of rotatable bonds is 5. The summed E-state index contributed by atoms with van der Waals surface area (Å²) in [5.41, 5.74) is 8.62. The highest BCUT2D eigenvalue weighted by Crippen LogP contribution is 2.28. The van der Waals surface area contributed by atoms with Crippen molar-refractivity contribution in [3.63, 3.8) is 0 Å². The van der Waals surface area contributed by atoms with Crippen LogP contribution in [0.1, 0.15) is 5.56 Å². The molecular formula is C21H21FN6O. The molecule has 1 aliphatic rings. The fourth-order valence-electron chi connectivity index (χ4n) is 3.14. The predicted octanol–water partition coefficient (Wildman–Crippen LogP) is 3.44. The summed E-state index contributed by atoms with van der Waals surface area (Å²) in [4.78, 5) is 11.2. The molecule has 0 bridgehead atoms. The van der Waals surface area contributed by atoms with Gasteiger partial charge in [-0.15, -0.1) is 0 Å². The van der Waals surface area contributed by atoms with Crippen LogP contribution < -0.4 is 16.0 Å². The van der Waals surface area contributed by atoms with Crippen LogP contribution in [0.15, 0.2) is 48.5 Å². The summed E-state index contributed by atoms with van der Waals surface area (Å²) in [6.45, 7) is 2.52. The summed E-state index contributed by atoms with van der Waals surface area (Å²) < 4.78 is 19.8. The molecule has 0 aliphatic carbocycles. The third-order valence-electron chi connectivity index (χ3n) is 4.67. The Balaban J connectivity index is 1.75. The summed E-state index contributed by atoms with van der Waals surface area (Å²) in [5.74, 6) is 0.698. The van der Waals surface area contributed by atoms with Gasteiger partial charge in [0.25, 0.3) is 0 Å². The fourth-order valence-corrected chi connectivity index (χ4v) is 3.14. The van der Waals surface area contributed by atoms with Crippen LogP contribution in [0.5, 0.6) is 0 Å². The average Bonchev–Trinajstić information content (AvgIpc) is 2.76. The Morgan fingerprint density at radius 1 is 1.10 bits per heavy atom. The van der Waals surface area contributed by atoms with Crippen LogP contribution in [0.2, 0.25) is 0 Å². The van der Waals surface area contributed by atoms with E-state index in [0.29, 0.717) is 60.6 Å². The average molecular weight is 392 g/mol. The summed E-state index contributed by atoms with van der Waals surface area (Å²) >= 11 is 0. The molecule has 0 atom stereocenters. The number of nitrogens with one attached hydrogen (secondary N) is 2. The zero-order valence-corrected chi connectivity index (χ0v) is 15.7. The van der Waals surface area contributed by atoms with Crippen LogP contribution in [-0.4, -0.2) is 42.5 Å². The number of morpholine rings is 1. The van der Waals surface area contributed by atoms with E-state index in [0.717, 1.165) is 5.69 Å². The molecule has 2 heterocycles. The van der Waals surface area contributed by atoms with Gasteiger partial charge in [0.1, 0.15) is 11.6 Å². The van der Waals surface area contributed by atoms with E-state index in [2.05, 4.69) is 15.3 Å². The number of nitrogen functional groups attached to an aromatic ring is 1. The molecule has 0 radical (unpaired) electrons. The van der Waals surface area contributed by atoms with Gasteiger partial charge in [-0.3, -0.25) is 0 Å². The minimum Gasteiger partial charge on any atom is -0.398 e. The molecule has 0 unspecified atom stereocenters. The van der Waals surface area contributed by atoms with Gasteiger partial charge in [-0.2, -0.15) is 4.98 Å². The van der Waals surface area contributed by atoms with Gasteiger partial charge in [0, 0.05) is 47.9 Å². The molecule has 7 nitrogen and oxygen atoms in total. The van der Waals surface area contributed by atoms with Crippen molar-refractivity contribution in [3.8, 4) is 11.3 Å². The Morgan fingerprint density at radius 2 is 1.90 bits per heavy atom. The minimum atomic E-state index is -0.344. The maximum Gasteiger partial charge on any atom is 0.228 e. The van der Waals surface area contributed by atoms with Gasteiger partial charge in [-0.1, -0.05) is 12.1 Å². The maximum absolute atomic E-state index is 14.4. The number of halogens is 1. The highest BCUT2D eigenvalue weighted by molar-refractivity contribution is 5.87. The van der Waals surface area contributed by atoms with E-state index in [4.69, 9.17) is 15.9 Å². The molecule has 1 saturated heterocycles. The number of hydrogen-bond donors (Lipinski definition) is 3. The first-order chi connectivity index (χ1) is 14.1. The molecule has 1 aliphatic heterocycles. The van der Waals surface area contributed by atoms with Crippen molar-refractivity contribution in [1.29, 1.82) is 5.41 Å². The van der Waals surface area contributed by atoms with E-state index < -0.39 is 0 Å². The van der Waals surface area contributed by atoms with Crippen LogP contribution in [-0.2, 0) is 4.74 Å². The first-order valence-corrected chi connectivity index (χ1v) is 9.28. The van der Waals surface area contributed by atoms with Crippen molar-refractivity contribution in [2.75, 3.05) is 42.3 Å². The van der Waals surface area contributed by atoms with Crippen molar-refractivity contribution in [2.45, 2.75) is 0 Å². The summed E-state index contributed by atoms with van der Waals surface area (Å²) in [7, 11) is 0. The Hall–Kier alpha value is -3.52. The van der Waals surface area contributed by atoms with Crippen LogP contribution in [0.4, 0.5) is 27.5 Å². The third kappa shape index (κ3) is 4.17. The van der Waals surface area contributed by atoms with Crippen molar-refractivity contribution in [3.05, 3.63) is 59.9 Å². The summed E-state index contributed by atoms with van der Waals surface area (Å²) in [6, 6.07) is 13.5. The monoisotopic (exact) mass is 392 g/mol. The second-order valence-electron chi connectivity index (χ2n) is 6.63. The lowest BCUT2D eigenvalue weighted by Crippen LogP contribution is -2.37. The minimum absolute atomic E-state index is 0.344. The molecule has 8 heteroatoms. The van der Waals surface area contributed by atoms with Crippen LogP contribution >= 0.6 is 0 Å². The van der Waals surface area contributed by atoms with Gasteiger partial charge in [0.2, 0.25) is 5.95 Å². The summed E-state index contributed by atoms with van der Waals surface area (Å²) in [5, 5.41) is 10.7. The number of anilines is 4. The first-order valence-electron chi connectivity index (χ1n) is 9.28. The number of aromatic nitrogens is 2. The Labute approximate surface area is 167 Å². The number of nitrogens with two attached hydrogens (primary N) is 1. The second kappa shape index (κ2) is 8.24. The highest BCUT2D eigenvalue weighted by atomic mass is 19.1. The fraction of sp³-hybridized carbons (Fsp3) is 0.190. The number of benzene rings is 2. The van der Waals surface area contributed by atoms with Gasteiger partial charge >= 0.3 is 0 Å². The Bertz CT molecular complexity index is 1040. The normalized spacial score (nSPS) is 13.9. The Kier molecular flexibility index (Phi) is 5.35. The first kappa shape index (κ1) is 18.8. The molecular weight excluding hydrogens is 371 g/mol. The van der Waals surface area contributed by atoms with Crippen LogP contribution in [0.3, 0.4) is 0 Å². The maximum atomic E-state index is 14.4. The lowest BCUT2D eigenvalue weighted by atomic mass is 10.1. The van der Waals surface area contributed by atoms with Gasteiger partial charge in [0.05, 0.1) is 18.9 Å². The largest absolute Gasteiger partial charge is 0.398 e. The number of ether oxygens (including phenoxy) is 1. The standard InChI is InChI=1S/C21H21FN6O/c22-17-4-2-1-3-16(17)19-12-20(25-15-5-6-18(24)14(11-15)13-23)27-21(26-19)28-7-9-29-10-8-28/h1-6,11-13,23H,7-10,24H2,(H,25,26,27). The van der Waals surface area contributed by atoms with E-state index >= 15 is 0 Å². The molecule has 2 aromatic carbocycles. The molecule has 0 amide bonds. The van der Waals surface area contributed by atoms with E-state index in [1.54, 1.807) is 36.4 Å². The third-order valence-corrected chi connectivity index (χ3v) is 4.67. The van der Waals surface area contributed by atoms with Gasteiger partial charge in [-0.05, 0) is 30.3 Å². The molecule has 1 aromatic heterocycles. The van der Waals surface area contributed by atoms with E-state index in [9.17, 15) is 4.39 Å². The zero-order valence-electron chi connectivity index (χ0n) is 15.7.